The number of nitrogens with zero attached hydrogens (tertiary/aromatic N) is 4. The third kappa shape index (κ3) is 2.84. The Labute approximate surface area is 122 Å². The van der Waals surface area contributed by atoms with E-state index < -0.39 is 0 Å². The number of aromatic hydroxyl groups is 1. The van der Waals surface area contributed by atoms with Crippen LogP contribution in [-0.4, -0.2) is 44.0 Å². The van der Waals surface area contributed by atoms with Crippen LogP contribution in [0.25, 0.3) is 0 Å². The maximum atomic E-state index is 12.5. The van der Waals surface area contributed by atoms with Crippen molar-refractivity contribution in [3.05, 3.63) is 48.3 Å². The zero-order valence-electron chi connectivity index (χ0n) is 11.5. The largest absolute Gasteiger partial charge is 0.505 e. The number of hydrogen-bond donors (Lipinski definition) is 1. The second kappa shape index (κ2) is 5.87. The van der Waals surface area contributed by atoms with Crippen LogP contribution < -0.4 is 0 Å². The highest BCUT2D eigenvalue weighted by atomic mass is 16.3. The minimum Gasteiger partial charge on any atom is -0.505 e. The molecule has 21 heavy (non-hydrogen) atoms. The summed E-state index contributed by atoms with van der Waals surface area (Å²) < 4.78 is 0. The third-order valence-corrected chi connectivity index (χ3v) is 3.72. The Hall–Kier alpha value is -2.50. The smallest absolute Gasteiger partial charge is 0.276 e. The predicted octanol–water partition coefficient (Wildman–Crippen LogP) is 1.60. The summed E-state index contributed by atoms with van der Waals surface area (Å²) >= 11 is 0. The predicted molar refractivity (Wildman–Crippen MR) is 75.8 cm³/mol. The van der Waals surface area contributed by atoms with Gasteiger partial charge in [0.25, 0.3) is 5.91 Å². The lowest BCUT2D eigenvalue weighted by molar-refractivity contribution is 0.0696. The molecule has 1 fully saturated rings. The summed E-state index contributed by atoms with van der Waals surface area (Å²) in [6, 6.07) is 4.97. The number of amides is 1. The maximum absolute atomic E-state index is 12.5. The van der Waals surface area contributed by atoms with Crippen molar-refractivity contribution >= 4 is 5.91 Å². The Morgan fingerprint density at radius 2 is 2.19 bits per heavy atom. The van der Waals surface area contributed by atoms with Crippen molar-refractivity contribution in [3.8, 4) is 5.75 Å². The summed E-state index contributed by atoms with van der Waals surface area (Å²) in [5, 5.41) is 9.76. The fourth-order valence-electron chi connectivity index (χ4n) is 2.66. The Morgan fingerprint density at radius 1 is 1.29 bits per heavy atom. The van der Waals surface area contributed by atoms with Crippen molar-refractivity contribution in [2.75, 3.05) is 13.1 Å². The molecule has 1 amide bonds. The van der Waals surface area contributed by atoms with Gasteiger partial charge in [-0.2, -0.15) is 0 Å². The molecule has 0 bridgehead atoms. The van der Waals surface area contributed by atoms with Crippen LogP contribution in [0.5, 0.6) is 5.75 Å². The summed E-state index contributed by atoms with van der Waals surface area (Å²) in [6.07, 6.45) is 6.66. The van der Waals surface area contributed by atoms with Gasteiger partial charge in [0.05, 0.1) is 0 Å². The van der Waals surface area contributed by atoms with Gasteiger partial charge in [0, 0.05) is 37.1 Å². The fourth-order valence-corrected chi connectivity index (χ4v) is 2.66. The lowest BCUT2D eigenvalue weighted by Crippen LogP contribution is -2.39. The van der Waals surface area contributed by atoms with E-state index in [1.807, 2.05) is 6.07 Å². The van der Waals surface area contributed by atoms with Crippen molar-refractivity contribution in [1.29, 1.82) is 0 Å². The monoisotopic (exact) mass is 284 g/mol. The molecule has 0 aliphatic carbocycles. The molecule has 2 aromatic rings. The number of piperidine rings is 1. The first kappa shape index (κ1) is 13.5. The van der Waals surface area contributed by atoms with Crippen LogP contribution in [0.4, 0.5) is 0 Å². The second-order valence-corrected chi connectivity index (χ2v) is 5.10. The number of aromatic nitrogens is 3. The van der Waals surface area contributed by atoms with Crippen LogP contribution in [0.2, 0.25) is 0 Å². The molecule has 1 aliphatic heterocycles. The normalized spacial score (nSPS) is 18.5. The molecule has 1 N–H and O–H groups in total. The average molecular weight is 284 g/mol. The molecule has 108 valence electrons. The zero-order chi connectivity index (χ0) is 14.7. The van der Waals surface area contributed by atoms with Gasteiger partial charge in [0.15, 0.2) is 5.69 Å². The van der Waals surface area contributed by atoms with E-state index in [0.29, 0.717) is 13.1 Å². The minimum absolute atomic E-state index is 0.0772. The Balaban J connectivity index is 1.77. The highest BCUT2D eigenvalue weighted by Crippen LogP contribution is 2.27. The van der Waals surface area contributed by atoms with Crippen LogP contribution in [0, 0.1) is 0 Å². The molecule has 1 atom stereocenters. The van der Waals surface area contributed by atoms with Crippen molar-refractivity contribution < 1.29 is 9.90 Å². The highest BCUT2D eigenvalue weighted by molar-refractivity contribution is 5.94. The van der Waals surface area contributed by atoms with Gasteiger partial charge in [-0.25, -0.2) is 15.0 Å². The molecule has 3 heterocycles. The van der Waals surface area contributed by atoms with Crippen molar-refractivity contribution in [2.45, 2.75) is 18.8 Å². The van der Waals surface area contributed by atoms with Crippen LogP contribution in [0.1, 0.15) is 34.9 Å². The van der Waals surface area contributed by atoms with Gasteiger partial charge in [0.2, 0.25) is 0 Å². The van der Waals surface area contributed by atoms with Gasteiger partial charge >= 0.3 is 0 Å². The number of carbonyl (C=O) groups is 1. The topological polar surface area (TPSA) is 79.2 Å². The maximum Gasteiger partial charge on any atom is 0.276 e. The first-order valence-electron chi connectivity index (χ1n) is 6.95. The summed E-state index contributed by atoms with van der Waals surface area (Å²) in [5.41, 5.74) is 1.06. The van der Waals surface area contributed by atoms with Gasteiger partial charge in [-0.15, -0.1) is 0 Å². The van der Waals surface area contributed by atoms with Gasteiger partial charge in [-0.3, -0.25) is 4.79 Å². The molecule has 6 nitrogen and oxygen atoms in total. The van der Waals surface area contributed by atoms with Crippen molar-refractivity contribution in [1.82, 2.24) is 19.9 Å². The molecule has 0 unspecified atom stereocenters. The van der Waals surface area contributed by atoms with Crippen molar-refractivity contribution in [3.63, 3.8) is 0 Å². The lowest BCUT2D eigenvalue weighted by Gasteiger charge is -2.32. The molecule has 0 radical (unpaired) electrons. The van der Waals surface area contributed by atoms with E-state index in [2.05, 4.69) is 15.0 Å². The molecular formula is C15H16N4O2. The van der Waals surface area contributed by atoms with Crippen LogP contribution in [-0.2, 0) is 0 Å². The fraction of sp³-hybridized carbons (Fsp3) is 0.333. The second-order valence-electron chi connectivity index (χ2n) is 5.10. The quantitative estimate of drug-likeness (QED) is 0.906. The minimum atomic E-state index is -0.230. The Bertz CT molecular complexity index is 633. The molecule has 1 aliphatic rings. The molecule has 2 aromatic heterocycles. The van der Waals surface area contributed by atoms with E-state index in [-0.39, 0.29) is 23.3 Å². The van der Waals surface area contributed by atoms with E-state index >= 15 is 0 Å². The number of rotatable bonds is 2. The summed E-state index contributed by atoms with van der Waals surface area (Å²) in [5.74, 6) is -0.102. The first-order valence-corrected chi connectivity index (χ1v) is 6.95. The third-order valence-electron chi connectivity index (χ3n) is 3.72. The summed E-state index contributed by atoms with van der Waals surface area (Å²) in [4.78, 5) is 26.4. The standard InChI is InChI=1S/C15H16N4O2/c20-13-4-1-6-17-14(13)15(21)19-8-2-3-11(9-19)12-5-7-16-10-18-12/h1,4-7,10-11,20H,2-3,8-9H2/t11-/m0/s1. The van der Waals surface area contributed by atoms with Gasteiger partial charge in [-0.1, -0.05) is 0 Å². The summed E-state index contributed by atoms with van der Waals surface area (Å²) in [7, 11) is 0. The molecule has 0 saturated carbocycles. The number of carbonyl (C=O) groups excluding carboxylic acids is 1. The van der Waals surface area contributed by atoms with Crippen LogP contribution >= 0.6 is 0 Å². The Morgan fingerprint density at radius 3 is 2.95 bits per heavy atom. The molecule has 0 aromatic carbocycles. The van der Waals surface area contributed by atoms with E-state index in [9.17, 15) is 9.90 Å². The van der Waals surface area contributed by atoms with Gasteiger partial charge < -0.3 is 10.0 Å². The SMILES string of the molecule is O=C(c1ncccc1O)N1CCC[C@H](c2ccncn2)C1. The molecular weight excluding hydrogens is 268 g/mol. The number of hydrogen-bond acceptors (Lipinski definition) is 5. The van der Waals surface area contributed by atoms with Crippen molar-refractivity contribution in [2.24, 2.45) is 0 Å². The van der Waals surface area contributed by atoms with Gasteiger partial charge in [0.1, 0.15) is 12.1 Å². The first-order chi connectivity index (χ1) is 10.3. The van der Waals surface area contributed by atoms with E-state index in [1.165, 1.54) is 18.6 Å². The van der Waals surface area contributed by atoms with Crippen LogP contribution in [0.15, 0.2) is 36.9 Å². The highest BCUT2D eigenvalue weighted by Gasteiger charge is 2.28. The zero-order valence-corrected chi connectivity index (χ0v) is 11.5. The average Bonchev–Trinajstić information content (AvgIpc) is 2.56. The Kier molecular flexibility index (Phi) is 3.77. The molecule has 3 rings (SSSR count). The van der Waals surface area contributed by atoms with E-state index in [4.69, 9.17) is 0 Å². The summed E-state index contributed by atoms with van der Waals surface area (Å²) in [6.45, 7) is 1.27. The number of pyridine rings is 1. The lowest BCUT2D eigenvalue weighted by atomic mass is 9.94. The molecule has 0 spiro atoms. The van der Waals surface area contributed by atoms with Crippen LogP contribution in [0.3, 0.4) is 0 Å². The van der Waals surface area contributed by atoms with E-state index in [0.717, 1.165) is 18.5 Å². The molecule has 6 heteroatoms. The van der Waals surface area contributed by atoms with E-state index in [1.54, 1.807) is 17.2 Å². The van der Waals surface area contributed by atoms with Gasteiger partial charge in [-0.05, 0) is 31.0 Å². The molecule has 1 saturated heterocycles. The number of likely N-dealkylation sites (tertiary alicyclic amines) is 1.